The van der Waals surface area contributed by atoms with Gasteiger partial charge in [-0.15, -0.1) is 0 Å². The van der Waals surface area contributed by atoms with E-state index in [1.807, 2.05) is 0 Å². The fraction of sp³-hybridized carbons (Fsp3) is 0.267. The highest BCUT2D eigenvalue weighted by molar-refractivity contribution is 7.92. The smallest absolute Gasteiger partial charge is 0.328 e. The SMILES string of the molecule is CCCS(=O)(=O)Nc1nc(N)c2[nH]c(=O)n(Cc3ccc(Cl)c(F)c3)c2n1. The molecular weight excluding hydrogens is 399 g/mol. The van der Waals surface area contributed by atoms with Gasteiger partial charge >= 0.3 is 5.69 Å². The number of nitrogens with two attached hydrogens (primary N) is 1. The van der Waals surface area contributed by atoms with Crippen LogP contribution in [0.5, 0.6) is 0 Å². The van der Waals surface area contributed by atoms with E-state index in [4.69, 9.17) is 17.3 Å². The summed E-state index contributed by atoms with van der Waals surface area (Å²) >= 11 is 5.67. The number of halogens is 2. The Hall–Kier alpha value is -2.66. The first kappa shape index (κ1) is 19.1. The molecule has 2 aromatic heterocycles. The third kappa shape index (κ3) is 4.03. The maximum atomic E-state index is 13.7. The molecule has 0 saturated carbocycles. The van der Waals surface area contributed by atoms with E-state index in [0.717, 1.165) is 0 Å². The van der Waals surface area contributed by atoms with Gasteiger partial charge in [0, 0.05) is 0 Å². The summed E-state index contributed by atoms with van der Waals surface area (Å²) in [4.78, 5) is 22.8. The van der Waals surface area contributed by atoms with E-state index in [-0.39, 0.29) is 40.3 Å². The van der Waals surface area contributed by atoms with Crippen molar-refractivity contribution < 1.29 is 12.8 Å². The van der Waals surface area contributed by atoms with Gasteiger partial charge in [0.15, 0.2) is 11.5 Å². The Balaban J connectivity index is 2.06. The molecule has 0 radical (unpaired) electrons. The number of aromatic amines is 1. The second kappa shape index (κ2) is 7.16. The van der Waals surface area contributed by atoms with Crippen LogP contribution in [0.4, 0.5) is 16.2 Å². The number of benzene rings is 1. The quantitative estimate of drug-likeness (QED) is 0.561. The number of hydrogen-bond acceptors (Lipinski definition) is 6. The molecular formula is C15H16ClFN6O3S. The van der Waals surface area contributed by atoms with Crippen LogP contribution in [0.25, 0.3) is 11.2 Å². The highest BCUT2D eigenvalue weighted by atomic mass is 35.5. The van der Waals surface area contributed by atoms with Crippen molar-refractivity contribution in [1.82, 2.24) is 19.5 Å². The summed E-state index contributed by atoms with van der Waals surface area (Å²) in [6, 6.07) is 4.13. The molecule has 4 N–H and O–H groups in total. The van der Waals surface area contributed by atoms with Crippen molar-refractivity contribution in [3.63, 3.8) is 0 Å². The molecule has 1 aromatic carbocycles. The molecule has 0 aliphatic carbocycles. The Kier molecular flexibility index (Phi) is 5.07. The monoisotopic (exact) mass is 414 g/mol. The van der Waals surface area contributed by atoms with Crippen molar-refractivity contribution in [1.29, 1.82) is 0 Å². The van der Waals surface area contributed by atoms with Gasteiger partial charge in [0.2, 0.25) is 16.0 Å². The lowest BCUT2D eigenvalue weighted by molar-refractivity contribution is 0.599. The average Bonchev–Trinajstić information content (AvgIpc) is 2.87. The zero-order valence-corrected chi connectivity index (χ0v) is 15.7. The predicted octanol–water partition coefficient (Wildman–Crippen LogP) is 1.69. The molecule has 27 heavy (non-hydrogen) atoms. The number of hydrogen-bond donors (Lipinski definition) is 3. The Labute approximate surface area is 158 Å². The number of nitrogen functional groups attached to an aromatic ring is 1. The maximum Gasteiger partial charge on any atom is 0.328 e. The van der Waals surface area contributed by atoms with Gasteiger partial charge in [-0.2, -0.15) is 9.97 Å². The third-order valence-corrected chi connectivity index (χ3v) is 5.44. The van der Waals surface area contributed by atoms with Crippen LogP contribution < -0.4 is 16.1 Å². The van der Waals surface area contributed by atoms with Gasteiger partial charge in [0.1, 0.15) is 11.3 Å². The fourth-order valence-electron chi connectivity index (χ4n) is 2.52. The molecule has 0 saturated heterocycles. The molecule has 0 atom stereocenters. The summed E-state index contributed by atoms with van der Waals surface area (Å²) in [5.41, 5.74) is 5.99. The second-order valence-electron chi connectivity index (χ2n) is 5.82. The molecule has 0 aliphatic heterocycles. The first-order valence-corrected chi connectivity index (χ1v) is 9.93. The average molecular weight is 415 g/mol. The van der Waals surface area contributed by atoms with Crippen molar-refractivity contribution in [2.75, 3.05) is 16.2 Å². The Morgan fingerprint density at radius 2 is 2.11 bits per heavy atom. The minimum Gasteiger partial charge on any atom is -0.382 e. The van der Waals surface area contributed by atoms with Gasteiger partial charge in [0.05, 0.1) is 17.3 Å². The van der Waals surface area contributed by atoms with E-state index in [0.29, 0.717) is 12.0 Å². The summed E-state index contributed by atoms with van der Waals surface area (Å²) in [5.74, 6) is -1.07. The zero-order valence-electron chi connectivity index (χ0n) is 14.2. The Morgan fingerprint density at radius 3 is 2.78 bits per heavy atom. The number of aromatic nitrogens is 4. The van der Waals surface area contributed by atoms with Crippen LogP contribution in [0.2, 0.25) is 5.02 Å². The van der Waals surface area contributed by atoms with E-state index in [9.17, 15) is 17.6 Å². The van der Waals surface area contributed by atoms with Crippen molar-refractivity contribution >= 4 is 44.6 Å². The van der Waals surface area contributed by atoms with Crippen molar-refractivity contribution in [3.8, 4) is 0 Å². The molecule has 0 fully saturated rings. The molecule has 0 spiro atoms. The number of sulfonamides is 1. The first-order valence-electron chi connectivity index (χ1n) is 7.90. The fourth-order valence-corrected chi connectivity index (χ4v) is 3.65. The van der Waals surface area contributed by atoms with Crippen LogP contribution in [0.3, 0.4) is 0 Å². The van der Waals surface area contributed by atoms with Crippen LogP contribution >= 0.6 is 11.6 Å². The van der Waals surface area contributed by atoms with Gasteiger partial charge in [-0.25, -0.2) is 17.6 Å². The number of rotatable bonds is 6. The molecule has 144 valence electrons. The number of fused-ring (bicyclic) bond motifs is 1. The molecule has 0 amide bonds. The van der Waals surface area contributed by atoms with Gasteiger partial charge in [-0.1, -0.05) is 24.6 Å². The lowest BCUT2D eigenvalue weighted by atomic mass is 10.2. The molecule has 3 aromatic rings. The first-order chi connectivity index (χ1) is 12.7. The lowest BCUT2D eigenvalue weighted by Crippen LogP contribution is -2.20. The summed E-state index contributed by atoms with van der Waals surface area (Å²) in [5, 5.41) is -0.0378. The Morgan fingerprint density at radius 1 is 1.37 bits per heavy atom. The van der Waals surface area contributed by atoms with E-state index >= 15 is 0 Å². The Bertz CT molecular complexity index is 1170. The second-order valence-corrected chi connectivity index (χ2v) is 8.07. The van der Waals surface area contributed by atoms with Crippen LogP contribution in [0, 0.1) is 5.82 Å². The molecule has 3 rings (SSSR count). The van der Waals surface area contributed by atoms with E-state index in [1.165, 1.54) is 16.7 Å². The number of nitrogens with zero attached hydrogens (tertiary/aromatic N) is 3. The van der Waals surface area contributed by atoms with Crippen LogP contribution in [-0.4, -0.2) is 33.7 Å². The van der Waals surface area contributed by atoms with Crippen LogP contribution in [0.1, 0.15) is 18.9 Å². The number of anilines is 2. The van der Waals surface area contributed by atoms with Crippen molar-refractivity contribution in [2.24, 2.45) is 0 Å². The maximum absolute atomic E-state index is 13.7. The number of nitrogens with one attached hydrogen (secondary N) is 2. The standard InChI is InChI=1S/C15H16ClFN6O3S/c1-2-5-27(25,26)22-14-20-12(18)11-13(21-14)23(15(24)19-11)7-8-3-4-9(16)10(17)6-8/h3-4,6H,2,5,7H2,1H3,(H,19,24)(H3,18,20,21,22). The third-order valence-electron chi connectivity index (χ3n) is 3.70. The van der Waals surface area contributed by atoms with Crippen LogP contribution in [0.15, 0.2) is 23.0 Å². The summed E-state index contributed by atoms with van der Waals surface area (Å²) in [6.07, 6.45) is 0.407. The van der Waals surface area contributed by atoms with Gasteiger partial charge in [-0.3, -0.25) is 9.29 Å². The largest absolute Gasteiger partial charge is 0.382 e. The van der Waals surface area contributed by atoms with Crippen LogP contribution in [-0.2, 0) is 16.6 Å². The van der Waals surface area contributed by atoms with Crippen molar-refractivity contribution in [3.05, 3.63) is 45.1 Å². The molecule has 2 heterocycles. The van der Waals surface area contributed by atoms with Crippen molar-refractivity contribution in [2.45, 2.75) is 19.9 Å². The zero-order chi connectivity index (χ0) is 19.8. The minimum atomic E-state index is -3.64. The number of imidazole rings is 1. The van der Waals surface area contributed by atoms with Gasteiger partial charge in [-0.05, 0) is 24.1 Å². The summed E-state index contributed by atoms with van der Waals surface area (Å²) in [7, 11) is -3.64. The highest BCUT2D eigenvalue weighted by Crippen LogP contribution is 2.20. The van der Waals surface area contributed by atoms with E-state index in [1.54, 1.807) is 13.0 Å². The highest BCUT2D eigenvalue weighted by Gasteiger charge is 2.17. The number of H-pyrrole nitrogens is 1. The molecule has 0 aliphatic rings. The predicted molar refractivity (Wildman–Crippen MR) is 101 cm³/mol. The topological polar surface area (TPSA) is 136 Å². The summed E-state index contributed by atoms with van der Waals surface area (Å²) in [6.45, 7) is 1.69. The molecule has 0 unspecified atom stereocenters. The molecule has 9 nitrogen and oxygen atoms in total. The van der Waals surface area contributed by atoms with Gasteiger partial charge in [0.25, 0.3) is 0 Å². The van der Waals surface area contributed by atoms with Gasteiger partial charge < -0.3 is 10.7 Å². The molecule has 0 bridgehead atoms. The minimum absolute atomic E-state index is 0.0233. The lowest BCUT2D eigenvalue weighted by Gasteiger charge is -2.08. The normalized spacial score (nSPS) is 11.8. The van der Waals surface area contributed by atoms with E-state index in [2.05, 4.69) is 19.7 Å². The summed E-state index contributed by atoms with van der Waals surface area (Å²) < 4.78 is 41.0. The van der Waals surface area contributed by atoms with E-state index < -0.39 is 21.5 Å². The molecule has 12 heteroatoms.